The first-order valence-corrected chi connectivity index (χ1v) is 7.99. The third kappa shape index (κ3) is 3.77. The third-order valence-electron chi connectivity index (χ3n) is 3.74. The fourth-order valence-corrected chi connectivity index (χ4v) is 2.35. The third-order valence-corrected chi connectivity index (χ3v) is 4.06. The van der Waals surface area contributed by atoms with Crippen LogP contribution in [0.3, 0.4) is 0 Å². The Bertz CT molecular complexity index is 645. The highest BCUT2D eigenvalue weighted by molar-refractivity contribution is 6.30. The van der Waals surface area contributed by atoms with Crippen molar-refractivity contribution in [2.75, 3.05) is 6.54 Å². The van der Waals surface area contributed by atoms with Gasteiger partial charge in [-0.15, -0.1) is 0 Å². The smallest absolute Gasteiger partial charge is 0.159 e. The molecule has 2 heterocycles. The molecule has 1 unspecified atom stereocenters. The number of halogens is 1. The molecule has 6 heteroatoms. The fraction of sp³-hybridized carbons (Fsp3) is 0.625. The minimum absolute atomic E-state index is 0.141. The predicted octanol–water partition coefficient (Wildman–Crippen LogP) is 3.16. The van der Waals surface area contributed by atoms with Gasteiger partial charge in [0.25, 0.3) is 0 Å². The molecular weight excluding hydrogens is 300 g/mol. The first-order valence-electron chi connectivity index (χ1n) is 7.61. The van der Waals surface area contributed by atoms with Crippen molar-refractivity contribution < 1.29 is 5.11 Å². The van der Waals surface area contributed by atoms with Gasteiger partial charge in [0.1, 0.15) is 5.15 Å². The van der Waals surface area contributed by atoms with Crippen molar-refractivity contribution >= 4 is 22.6 Å². The van der Waals surface area contributed by atoms with E-state index < -0.39 is 6.10 Å². The summed E-state index contributed by atoms with van der Waals surface area (Å²) in [6, 6.07) is 2.25. The summed E-state index contributed by atoms with van der Waals surface area (Å²) >= 11 is 6.29. The van der Waals surface area contributed by atoms with Gasteiger partial charge >= 0.3 is 0 Å². The van der Waals surface area contributed by atoms with Crippen molar-refractivity contribution in [3.05, 3.63) is 23.0 Å². The lowest BCUT2D eigenvalue weighted by atomic mass is 9.89. The first-order chi connectivity index (χ1) is 10.2. The van der Waals surface area contributed by atoms with Crippen molar-refractivity contribution in [1.82, 2.24) is 20.1 Å². The van der Waals surface area contributed by atoms with Crippen LogP contribution in [0.5, 0.6) is 0 Å². The van der Waals surface area contributed by atoms with E-state index >= 15 is 0 Å². The van der Waals surface area contributed by atoms with Crippen LogP contribution in [-0.2, 0) is 6.54 Å². The Morgan fingerprint density at radius 3 is 2.64 bits per heavy atom. The van der Waals surface area contributed by atoms with E-state index in [4.69, 9.17) is 11.6 Å². The van der Waals surface area contributed by atoms with Crippen molar-refractivity contribution in [1.29, 1.82) is 0 Å². The number of aromatic nitrogens is 3. The van der Waals surface area contributed by atoms with E-state index in [1.54, 1.807) is 0 Å². The fourth-order valence-electron chi connectivity index (χ4n) is 2.15. The van der Waals surface area contributed by atoms with Crippen molar-refractivity contribution in [3.63, 3.8) is 0 Å². The molecule has 122 valence electrons. The zero-order valence-electron chi connectivity index (χ0n) is 13.9. The molecule has 0 aliphatic carbocycles. The Balaban J connectivity index is 2.11. The summed E-state index contributed by atoms with van der Waals surface area (Å²) in [4.78, 5) is 4.47. The Kier molecular flexibility index (Phi) is 5.10. The van der Waals surface area contributed by atoms with Crippen molar-refractivity contribution in [2.24, 2.45) is 5.41 Å². The number of aliphatic hydroxyl groups is 1. The average molecular weight is 325 g/mol. The van der Waals surface area contributed by atoms with E-state index in [9.17, 15) is 5.11 Å². The number of nitrogens with one attached hydrogen (secondary N) is 1. The number of pyridine rings is 1. The number of aliphatic hydroxyl groups excluding tert-OH is 1. The largest absolute Gasteiger partial charge is 0.391 e. The minimum atomic E-state index is -0.411. The zero-order chi connectivity index (χ0) is 16.5. The molecule has 0 saturated heterocycles. The Labute approximate surface area is 136 Å². The van der Waals surface area contributed by atoms with Crippen LogP contribution in [0.25, 0.3) is 11.0 Å². The minimum Gasteiger partial charge on any atom is -0.391 e. The van der Waals surface area contributed by atoms with Crippen LogP contribution in [0, 0.1) is 5.41 Å². The molecule has 0 spiro atoms. The second kappa shape index (κ2) is 6.52. The van der Waals surface area contributed by atoms with Gasteiger partial charge in [-0.2, -0.15) is 5.10 Å². The molecular formula is C16H25ClN4O. The standard InChI is InChI=1S/C16H25ClN4O/c1-10(2)21-15-12(8-19-21)6-11(14(17)20-15)7-18-9-13(22)16(3,4)5/h6,8,10,13,18,22H,7,9H2,1-5H3. The summed E-state index contributed by atoms with van der Waals surface area (Å²) in [6.07, 6.45) is 1.40. The molecule has 2 aromatic heterocycles. The second-order valence-electron chi connectivity index (χ2n) is 7.05. The second-order valence-corrected chi connectivity index (χ2v) is 7.40. The molecule has 22 heavy (non-hydrogen) atoms. The molecule has 0 amide bonds. The first kappa shape index (κ1) is 17.2. The van der Waals surface area contributed by atoms with Gasteiger partial charge in [-0.1, -0.05) is 32.4 Å². The van der Waals surface area contributed by atoms with Gasteiger partial charge in [0.15, 0.2) is 5.65 Å². The summed E-state index contributed by atoms with van der Waals surface area (Å²) in [5, 5.41) is 19.1. The van der Waals surface area contributed by atoms with Gasteiger partial charge in [-0.05, 0) is 25.3 Å². The van der Waals surface area contributed by atoms with Crippen LogP contribution in [0.1, 0.15) is 46.2 Å². The molecule has 5 nitrogen and oxygen atoms in total. The number of hydrogen-bond donors (Lipinski definition) is 2. The quantitative estimate of drug-likeness (QED) is 0.829. The molecule has 0 aliphatic heterocycles. The predicted molar refractivity (Wildman–Crippen MR) is 90.1 cm³/mol. The van der Waals surface area contributed by atoms with Gasteiger partial charge < -0.3 is 10.4 Å². The van der Waals surface area contributed by atoms with Crippen LogP contribution in [-0.4, -0.2) is 32.5 Å². The van der Waals surface area contributed by atoms with Crippen molar-refractivity contribution in [3.8, 4) is 0 Å². The summed E-state index contributed by atoms with van der Waals surface area (Å²) in [6.45, 7) is 11.3. The van der Waals surface area contributed by atoms with Crippen LogP contribution in [0.2, 0.25) is 5.15 Å². The molecule has 0 radical (unpaired) electrons. The molecule has 0 fully saturated rings. The van der Waals surface area contributed by atoms with Gasteiger partial charge in [-0.25, -0.2) is 9.67 Å². The maximum Gasteiger partial charge on any atom is 0.159 e. The number of rotatable bonds is 5. The van der Waals surface area contributed by atoms with E-state index in [0.717, 1.165) is 16.6 Å². The van der Waals surface area contributed by atoms with Crippen LogP contribution >= 0.6 is 11.6 Å². The van der Waals surface area contributed by atoms with Gasteiger partial charge in [-0.3, -0.25) is 0 Å². The van der Waals surface area contributed by atoms with Crippen LogP contribution in [0.15, 0.2) is 12.3 Å². The Morgan fingerprint density at radius 2 is 2.05 bits per heavy atom. The molecule has 0 saturated carbocycles. The van der Waals surface area contributed by atoms with E-state index in [2.05, 4.69) is 29.2 Å². The van der Waals surface area contributed by atoms with E-state index in [1.165, 1.54) is 0 Å². The number of nitrogens with zero attached hydrogens (tertiary/aromatic N) is 3. The van der Waals surface area contributed by atoms with Crippen LogP contribution < -0.4 is 5.32 Å². The lowest BCUT2D eigenvalue weighted by Gasteiger charge is -2.26. The van der Waals surface area contributed by atoms with Gasteiger partial charge in [0.2, 0.25) is 0 Å². The molecule has 0 aromatic carbocycles. The zero-order valence-corrected chi connectivity index (χ0v) is 14.6. The van der Waals surface area contributed by atoms with Gasteiger partial charge in [0, 0.05) is 30.1 Å². The maximum atomic E-state index is 10.0. The Hall–Kier alpha value is -1.17. The highest BCUT2D eigenvalue weighted by Gasteiger charge is 2.21. The normalized spacial score (nSPS) is 14.0. The van der Waals surface area contributed by atoms with E-state index in [-0.39, 0.29) is 11.5 Å². The van der Waals surface area contributed by atoms with E-state index in [0.29, 0.717) is 18.2 Å². The summed E-state index contributed by atoms with van der Waals surface area (Å²) in [7, 11) is 0. The molecule has 2 N–H and O–H groups in total. The molecule has 1 atom stereocenters. The molecule has 0 aliphatic rings. The summed E-state index contributed by atoms with van der Waals surface area (Å²) in [5.74, 6) is 0. The number of fused-ring (bicyclic) bond motifs is 1. The molecule has 2 aromatic rings. The monoisotopic (exact) mass is 324 g/mol. The highest BCUT2D eigenvalue weighted by Crippen LogP contribution is 2.23. The highest BCUT2D eigenvalue weighted by atomic mass is 35.5. The number of hydrogen-bond acceptors (Lipinski definition) is 4. The topological polar surface area (TPSA) is 63.0 Å². The van der Waals surface area contributed by atoms with Gasteiger partial charge in [0.05, 0.1) is 12.3 Å². The SMILES string of the molecule is CC(C)n1ncc2cc(CNCC(O)C(C)(C)C)c(Cl)nc21. The lowest BCUT2D eigenvalue weighted by molar-refractivity contribution is 0.0627. The lowest BCUT2D eigenvalue weighted by Crippen LogP contribution is -2.36. The summed E-state index contributed by atoms with van der Waals surface area (Å²) < 4.78 is 1.86. The maximum absolute atomic E-state index is 10.0. The molecule has 2 rings (SSSR count). The van der Waals surface area contributed by atoms with Crippen LogP contribution in [0.4, 0.5) is 0 Å². The Morgan fingerprint density at radius 1 is 1.36 bits per heavy atom. The van der Waals surface area contributed by atoms with E-state index in [1.807, 2.05) is 37.7 Å². The molecule has 0 bridgehead atoms. The summed E-state index contributed by atoms with van der Waals surface area (Å²) in [5.41, 5.74) is 1.58. The average Bonchev–Trinajstić information content (AvgIpc) is 2.80. The van der Waals surface area contributed by atoms with Crippen molar-refractivity contribution in [2.45, 2.75) is 53.3 Å².